The van der Waals surface area contributed by atoms with Gasteiger partial charge in [-0.1, -0.05) is 43.3 Å². The van der Waals surface area contributed by atoms with Gasteiger partial charge >= 0.3 is 6.16 Å². The van der Waals surface area contributed by atoms with Crippen molar-refractivity contribution >= 4 is 6.16 Å². The van der Waals surface area contributed by atoms with Gasteiger partial charge in [-0.05, 0) is 24.6 Å². The van der Waals surface area contributed by atoms with Crippen molar-refractivity contribution in [3.05, 3.63) is 60.2 Å². The summed E-state index contributed by atoms with van der Waals surface area (Å²) in [7, 11) is 0. The van der Waals surface area contributed by atoms with Gasteiger partial charge in [0.05, 0.1) is 0 Å². The van der Waals surface area contributed by atoms with Crippen LogP contribution in [0.5, 0.6) is 11.5 Å². The van der Waals surface area contributed by atoms with Crippen molar-refractivity contribution < 1.29 is 19.5 Å². The highest BCUT2D eigenvalue weighted by atomic mass is 16.8. The van der Waals surface area contributed by atoms with Crippen LogP contribution >= 0.6 is 0 Å². The fourth-order valence-corrected chi connectivity index (χ4v) is 1.85. The molecular weight excluding hydrogens is 284 g/mol. The van der Waals surface area contributed by atoms with E-state index in [1.807, 2.05) is 6.92 Å². The maximum Gasteiger partial charge on any atom is 0.542 e. The maximum atomic E-state index is 11.4. The van der Waals surface area contributed by atoms with Crippen LogP contribution in [0.3, 0.4) is 0 Å². The van der Waals surface area contributed by atoms with Gasteiger partial charge in [0.25, 0.3) is 0 Å². The van der Waals surface area contributed by atoms with E-state index in [1.165, 1.54) is 0 Å². The van der Waals surface area contributed by atoms with Gasteiger partial charge in [-0.25, -0.2) is 4.79 Å². The summed E-state index contributed by atoms with van der Waals surface area (Å²) in [5.74, 6) is 0.482. The third-order valence-electron chi connectivity index (χ3n) is 2.93. The molecule has 2 aromatic rings. The van der Waals surface area contributed by atoms with E-state index in [4.69, 9.17) is 4.74 Å². The van der Waals surface area contributed by atoms with Crippen LogP contribution in [0.25, 0.3) is 0 Å². The summed E-state index contributed by atoms with van der Waals surface area (Å²) in [6.07, 6.45) is -0.375. The highest BCUT2D eigenvalue weighted by molar-refractivity contribution is 5.63. The molecule has 0 fully saturated rings. The molecule has 0 aliphatic carbocycles. The number of ether oxygens (including phenoxy) is 1. The zero-order valence-corrected chi connectivity index (χ0v) is 12.0. The lowest BCUT2D eigenvalue weighted by Crippen LogP contribution is -2.06. The largest absolute Gasteiger partial charge is 0.542 e. The lowest BCUT2D eigenvalue weighted by atomic mass is 10.0. The lowest BCUT2D eigenvalue weighted by molar-refractivity contribution is 0.0919. The van der Waals surface area contributed by atoms with Gasteiger partial charge in [0.15, 0.2) is 0 Å². The topological polar surface area (TPSA) is 80.5 Å². The first kappa shape index (κ1) is 15.5. The number of carbonyl (C=O) groups excluding carboxylic acids is 1. The monoisotopic (exact) mass is 300 g/mol. The SMILES string of the molecule is CCC(N=NOC(=O)Oc1ccccc1)c1ccccc1O. The lowest BCUT2D eigenvalue weighted by Gasteiger charge is -2.09. The van der Waals surface area contributed by atoms with Gasteiger partial charge in [-0.15, -0.1) is 5.11 Å². The minimum atomic E-state index is -0.970. The van der Waals surface area contributed by atoms with Crippen LogP contribution in [0, 0.1) is 0 Å². The van der Waals surface area contributed by atoms with E-state index < -0.39 is 12.2 Å². The number of carbonyl (C=O) groups is 1. The predicted octanol–water partition coefficient (Wildman–Crippen LogP) is 4.43. The fraction of sp³-hybridized carbons (Fsp3) is 0.188. The summed E-state index contributed by atoms with van der Waals surface area (Å²) in [5.41, 5.74) is 0.619. The van der Waals surface area contributed by atoms with Crippen molar-refractivity contribution in [3.63, 3.8) is 0 Å². The summed E-state index contributed by atoms with van der Waals surface area (Å²) in [6.45, 7) is 1.89. The molecule has 0 radical (unpaired) electrons. The molecule has 0 aromatic heterocycles. The highest BCUT2D eigenvalue weighted by Crippen LogP contribution is 2.29. The Labute approximate surface area is 128 Å². The molecule has 1 atom stereocenters. The third-order valence-corrected chi connectivity index (χ3v) is 2.93. The molecule has 2 rings (SSSR count). The van der Waals surface area contributed by atoms with E-state index in [2.05, 4.69) is 15.2 Å². The van der Waals surface area contributed by atoms with Crippen molar-refractivity contribution in [2.75, 3.05) is 0 Å². The molecular formula is C16H16N2O4. The Bertz CT molecular complexity index is 644. The number of hydrogen-bond donors (Lipinski definition) is 1. The molecule has 0 heterocycles. The number of rotatable bonds is 5. The zero-order chi connectivity index (χ0) is 15.8. The summed E-state index contributed by atoms with van der Waals surface area (Å²) in [4.78, 5) is 16.0. The van der Waals surface area contributed by atoms with Crippen LogP contribution < -0.4 is 4.74 Å². The Morgan fingerprint density at radius 3 is 2.50 bits per heavy atom. The van der Waals surface area contributed by atoms with E-state index in [0.29, 0.717) is 17.7 Å². The van der Waals surface area contributed by atoms with Crippen LogP contribution in [-0.2, 0) is 4.84 Å². The average molecular weight is 300 g/mol. The van der Waals surface area contributed by atoms with Gasteiger partial charge in [0, 0.05) is 10.8 Å². The minimum absolute atomic E-state index is 0.125. The predicted molar refractivity (Wildman–Crippen MR) is 79.5 cm³/mol. The summed E-state index contributed by atoms with van der Waals surface area (Å²) in [6, 6.07) is 14.9. The number of para-hydroxylation sites is 2. The molecule has 0 aliphatic rings. The van der Waals surface area contributed by atoms with Gasteiger partial charge in [0.1, 0.15) is 17.5 Å². The second kappa shape index (κ2) is 7.78. The second-order valence-corrected chi connectivity index (χ2v) is 4.44. The first-order valence-electron chi connectivity index (χ1n) is 6.82. The van der Waals surface area contributed by atoms with Crippen molar-refractivity contribution in [1.82, 2.24) is 0 Å². The van der Waals surface area contributed by atoms with E-state index in [1.54, 1.807) is 54.6 Å². The molecule has 0 aliphatic heterocycles. The van der Waals surface area contributed by atoms with Gasteiger partial charge in [-0.2, -0.15) is 0 Å². The summed E-state index contributed by atoms with van der Waals surface area (Å²) >= 11 is 0. The summed E-state index contributed by atoms with van der Waals surface area (Å²) in [5, 5.41) is 17.1. The van der Waals surface area contributed by atoms with Crippen LogP contribution in [-0.4, -0.2) is 11.3 Å². The number of phenols is 1. The van der Waals surface area contributed by atoms with Crippen molar-refractivity contribution in [2.24, 2.45) is 10.4 Å². The van der Waals surface area contributed by atoms with E-state index in [-0.39, 0.29) is 5.75 Å². The molecule has 1 N–H and O–H groups in total. The molecule has 114 valence electrons. The molecule has 2 aromatic carbocycles. The molecule has 0 bridgehead atoms. The molecule has 1 unspecified atom stereocenters. The molecule has 0 saturated carbocycles. The van der Waals surface area contributed by atoms with Crippen LogP contribution in [0.15, 0.2) is 65.0 Å². The highest BCUT2D eigenvalue weighted by Gasteiger charge is 2.13. The summed E-state index contributed by atoms with van der Waals surface area (Å²) < 4.78 is 4.89. The molecule has 0 saturated heterocycles. The molecule has 6 heteroatoms. The Morgan fingerprint density at radius 2 is 1.82 bits per heavy atom. The van der Waals surface area contributed by atoms with Crippen LogP contribution in [0.1, 0.15) is 24.9 Å². The number of aromatic hydroxyl groups is 1. The average Bonchev–Trinajstić information content (AvgIpc) is 2.53. The number of hydrogen-bond acceptors (Lipinski definition) is 6. The van der Waals surface area contributed by atoms with Gasteiger partial charge in [-0.3, -0.25) is 4.84 Å². The van der Waals surface area contributed by atoms with Crippen molar-refractivity contribution in [1.29, 1.82) is 0 Å². The van der Waals surface area contributed by atoms with Crippen molar-refractivity contribution in [2.45, 2.75) is 19.4 Å². The van der Waals surface area contributed by atoms with Crippen LogP contribution in [0.4, 0.5) is 4.79 Å². The van der Waals surface area contributed by atoms with E-state index in [9.17, 15) is 9.90 Å². The number of phenolic OH excluding ortho intramolecular Hbond substituents is 1. The first-order valence-corrected chi connectivity index (χ1v) is 6.82. The van der Waals surface area contributed by atoms with E-state index in [0.717, 1.165) is 0 Å². The normalized spacial score (nSPS) is 12.0. The Hall–Kier alpha value is -2.89. The Balaban J connectivity index is 1.93. The van der Waals surface area contributed by atoms with Gasteiger partial charge in [0.2, 0.25) is 0 Å². The van der Waals surface area contributed by atoms with E-state index >= 15 is 0 Å². The minimum Gasteiger partial charge on any atom is -0.508 e. The quantitative estimate of drug-likeness (QED) is 0.383. The van der Waals surface area contributed by atoms with Crippen LogP contribution in [0.2, 0.25) is 0 Å². The fourth-order valence-electron chi connectivity index (χ4n) is 1.85. The third kappa shape index (κ3) is 4.31. The molecule has 0 amide bonds. The standard InChI is InChI=1S/C16H16N2O4/c1-2-14(13-10-6-7-11-15(13)19)17-18-22-16(20)21-12-8-4-3-5-9-12/h3-11,14,19H,2H2,1H3. The maximum absolute atomic E-state index is 11.4. The second-order valence-electron chi connectivity index (χ2n) is 4.44. The Kier molecular flexibility index (Phi) is 5.48. The molecule has 6 nitrogen and oxygen atoms in total. The Morgan fingerprint density at radius 1 is 1.14 bits per heavy atom. The van der Waals surface area contributed by atoms with Crippen molar-refractivity contribution in [3.8, 4) is 11.5 Å². The smallest absolute Gasteiger partial charge is 0.508 e. The molecule has 0 spiro atoms. The molecule has 22 heavy (non-hydrogen) atoms. The van der Waals surface area contributed by atoms with Gasteiger partial charge < -0.3 is 9.84 Å². The number of nitrogens with zero attached hydrogens (tertiary/aromatic N) is 2. The number of benzene rings is 2. The first-order chi connectivity index (χ1) is 10.7. The zero-order valence-electron chi connectivity index (χ0n) is 12.0.